The summed E-state index contributed by atoms with van der Waals surface area (Å²) in [6.45, 7) is 3.17. The SMILES string of the molecule is COc1ccc(Oc2cc(C)nc([C@@H]3CCN(C(=O)c4cnn(C)c4)C3)n2)cc1. The van der Waals surface area contributed by atoms with Crippen LogP contribution in [-0.2, 0) is 7.05 Å². The van der Waals surface area contributed by atoms with E-state index < -0.39 is 0 Å². The number of ether oxygens (including phenoxy) is 2. The highest BCUT2D eigenvalue weighted by Crippen LogP contribution is 2.29. The van der Waals surface area contributed by atoms with Crippen molar-refractivity contribution in [1.82, 2.24) is 24.6 Å². The van der Waals surface area contributed by atoms with Gasteiger partial charge in [0.15, 0.2) is 0 Å². The van der Waals surface area contributed by atoms with Gasteiger partial charge in [-0.1, -0.05) is 0 Å². The number of carbonyl (C=O) groups excluding carboxylic acids is 1. The Kier molecular flexibility index (Phi) is 5.16. The molecule has 0 unspecified atom stereocenters. The number of carbonyl (C=O) groups is 1. The molecule has 1 aliphatic heterocycles. The van der Waals surface area contributed by atoms with E-state index in [-0.39, 0.29) is 11.8 Å². The molecule has 1 atom stereocenters. The van der Waals surface area contributed by atoms with Crippen molar-refractivity contribution in [2.45, 2.75) is 19.3 Å². The number of benzene rings is 1. The summed E-state index contributed by atoms with van der Waals surface area (Å²) in [5, 5.41) is 4.08. The van der Waals surface area contributed by atoms with Gasteiger partial charge in [0.1, 0.15) is 17.3 Å². The molecule has 150 valence electrons. The summed E-state index contributed by atoms with van der Waals surface area (Å²) in [7, 11) is 3.42. The van der Waals surface area contributed by atoms with E-state index >= 15 is 0 Å². The van der Waals surface area contributed by atoms with Crippen LogP contribution in [0.2, 0.25) is 0 Å². The molecule has 3 aromatic rings. The molecule has 29 heavy (non-hydrogen) atoms. The fourth-order valence-electron chi connectivity index (χ4n) is 3.43. The van der Waals surface area contributed by atoms with E-state index in [9.17, 15) is 4.79 Å². The van der Waals surface area contributed by atoms with Crippen LogP contribution in [0.25, 0.3) is 0 Å². The minimum Gasteiger partial charge on any atom is -0.497 e. The average molecular weight is 393 g/mol. The monoisotopic (exact) mass is 393 g/mol. The molecule has 0 radical (unpaired) electrons. The highest BCUT2D eigenvalue weighted by Gasteiger charge is 2.30. The first kappa shape index (κ1) is 18.9. The van der Waals surface area contributed by atoms with Crippen LogP contribution in [0.5, 0.6) is 17.4 Å². The van der Waals surface area contributed by atoms with Crippen molar-refractivity contribution in [3.63, 3.8) is 0 Å². The van der Waals surface area contributed by atoms with Crippen LogP contribution in [-0.4, -0.2) is 50.8 Å². The Bertz CT molecular complexity index is 1020. The highest BCUT2D eigenvalue weighted by atomic mass is 16.5. The molecule has 1 saturated heterocycles. The molecule has 4 rings (SSSR count). The van der Waals surface area contributed by atoms with Crippen molar-refractivity contribution in [2.75, 3.05) is 20.2 Å². The molecule has 0 aliphatic carbocycles. The fraction of sp³-hybridized carbons (Fsp3) is 0.333. The van der Waals surface area contributed by atoms with Crippen molar-refractivity contribution < 1.29 is 14.3 Å². The smallest absolute Gasteiger partial charge is 0.257 e. The maximum absolute atomic E-state index is 12.7. The summed E-state index contributed by atoms with van der Waals surface area (Å²) < 4.78 is 12.7. The van der Waals surface area contributed by atoms with Gasteiger partial charge < -0.3 is 14.4 Å². The van der Waals surface area contributed by atoms with Gasteiger partial charge in [-0.15, -0.1) is 0 Å². The number of hydrogen-bond acceptors (Lipinski definition) is 6. The molecule has 1 fully saturated rings. The maximum Gasteiger partial charge on any atom is 0.257 e. The lowest BCUT2D eigenvalue weighted by Gasteiger charge is -2.15. The topological polar surface area (TPSA) is 82.4 Å². The number of amides is 1. The Morgan fingerprint density at radius 2 is 1.93 bits per heavy atom. The van der Waals surface area contributed by atoms with Crippen LogP contribution in [0.3, 0.4) is 0 Å². The number of likely N-dealkylation sites (tertiary alicyclic amines) is 1. The summed E-state index contributed by atoms with van der Waals surface area (Å²) in [4.78, 5) is 23.7. The molecule has 1 amide bonds. The Labute approximate surface area is 169 Å². The first-order valence-electron chi connectivity index (χ1n) is 9.47. The minimum absolute atomic E-state index is 0.0111. The molecule has 1 aromatic carbocycles. The first-order chi connectivity index (χ1) is 14.0. The van der Waals surface area contributed by atoms with Gasteiger partial charge in [0.2, 0.25) is 5.88 Å². The Balaban J connectivity index is 1.48. The molecule has 0 spiro atoms. The molecule has 0 saturated carbocycles. The standard InChI is InChI=1S/C21H23N5O3/c1-14-10-19(29-18-6-4-17(28-3)5-7-18)24-20(23-14)15-8-9-26(13-15)21(27)16-11-22-25(2)12-16/h4-7,10-12,15H,8-9,13H2,1-3H3/t15-/m1/s1. The number of aromatic nitrogens is 4. The number of hydrogen-bond donors (Lipinski definition) is 0. The van der Waals surface area contributed by atoms with Gasteiger partial charge in [-0.3, -0.25) is 9.48 Å². The second-order valence-corrected chi connectivity index (χ2v) is 7.12. The van der Waals surface area contributed by atoms with Gasteiger partial charge in [0.05, 0.1) is 18.9 Å². The van der Waals surface area contributed by atoms with Crippen LogP contribution in [0.4, 0.5) is 0 Å². The van der Waals surface area contributed by atoms with E-state index in [1.807, 2.05) is 36.1 Å². The van der Waals surface area contributed by atoms with Gasteiger partial charge in [0.25, 0.3) is 5.91 Å². The van der Waals surface area contributed by atoms with Crippen LogP contribution >= 0.6 is 0 Å². The van der Waals surface area contributed by atoms with Crippen LogP contribution < -0.4 is 9.47 Å². The van der Waals surface area contributed by atoms with Crippen LogP contribution in [0.15, 0.2) is 42.7 Å². The molecule has 8 nitrogen and oxygen atoms in total. The Morgan fingerprint density at radius 3 is 2.62 bits per heavy atom. The molecule has 2 aromatic heterocycles. The third kappa shape index (κ3) is 4.21. The van der Waals surface area contributed by atoms with E-state index in [1.165, 1.54) is 0 Å². The summed E-state index contributed by atoms with van der Waals surface area (Å²) in [6, 6.07) is 9.15. The predicted octanol–water partition coefficient (Wildman–Crippen LogP) is 2.95. The zero-order valence-corrected chi connectivity index (χ0v) is 16.7. The van der Waals surface area contributed by atoms with Crippen molar-refractivity contribution in [1.29, 1.82) is 0 Å². The summed E-state index contributed by atoms with van der Waals surface area (Å²) >= 11 is 0. The highest BCUT2D eigenvalue weighted by molar-refractivity contribution is 5.93. The lowest BCUT2D eigenvalue weighted by atomic mass is 10.1. The van der Waals surface area contributed by atoms with Crippen molar-refractivity contribution in [3.05, 3.63) is 59.8 Å². The molecule has 0 bridgehead atoms. The second kappa shape index (κ2) is 7.90. The van der Waals surface area contributed by atoms with E-state index in [2.05, 4.69) is 15.1 Å². The van der Waals surface area contributed by atoms with Gasteiger partial charge in [-0.05, 0) is 37.6 Å². The number of rotatable bonds is 5. The molecule has 3 heterocycles. The zero-order valence-electron chi connectivity index (χ0n) is 16.7. The van der Waals surface area contributed by atoms with E-state index in [1.54, 1.807) is 37.3 Å². The zero-order chi connectivity index (χ0) is 20.4. The maximum atomic E-state index is 12.7. The quantitative estimate of drug-likeness (QED) is 0.663. The van der Waals surface area contributed by atoms with Crippen LogP contribution in [0.1, 0.15) is 34.2 Å². The van der Waals surface area contributed by atoms with Gasteiger partial charge in [0, 0.05) is 44.0 Å². The van der Waals surface area contributed by atoms with Crippen molar-refractivity contribution in [3.8, 4) is 17.4 Å². The number of methoxy groups -OCH3 is 1. The van der Waals surface area contributed by atoms with Gasteiger partial charge >= 0.3 is 0 Å². The lowest BCUT2D eigenvalue weighted by molar-refractivity contribution is 0.0790. The molecule has 1 aliphatic rings. The van der Waals surface area contributed by atoms with Gasteiger partial charge in [-0.25, -0.2) is 4.98 Å². The largest absolute Gasteiger partial charge is 0.497 e. The van der Waals surface area contributed by atoms with Crippen molar-refractivity contribution in [2.24, 2.45) is 7.05 Å². The van der Waals surface area contributed by atoms with Gasteiger partial charge in [-0.2, -0.15) is 10.1 Å². The molecular formula is C21H23N5O3. The average Bonchev–Trinajstić information content (AvgIpc) is 3.37. The summed E-state index contributed by atoms with van der Waals surface area (Å²) in [5.41, 5.74) is 1.43. The normalized spacial score (nSPS) is 16.1. The molecule has 0 N–H and O–H groups in total. The van der Waals surface area contributed by atoms with Crippen LogP contribution in [0, 0.1) is 6.92 Å². The number of aryl methyl sites for hydroxylation is 2. The minimum atomic E-state index is -0.0111. The summed E-state index contributed by atoms with van der Waals surface area (Å²) in [6.07, 6.45) is 4.15. The van der Waals surface area contributed by atoms with E-state index in [4.69, 9.17) is 9.47 Å². The molecular weight excluding hydrogens is 370 g/mol. The predicted molar refractivity (Wildman–Crippen MR) is 106 cm³/mol. The third-order valence-corrected chi connectivity index (χ3v) is 4.92. The number of nitrogens with zero attached hydrogens (tertiary/aromatic N) is 5. The summed E-state index contributed by atoms with van der Waals surface area (Å²) in [5.74, 6) is 2.71. The fourth-order valence-corrected chi connectivity index (χ4v) is 3.43. The van der Waals surface area contributed by atoms with E-state index in [0.717, 1.165) is 17.9 Å². The Morgan fingerprint density at radius 1 is 1.17 bits per heavy atom. The second-order valence-electron chi connectivity index (χ2n) is 7.12. The van der Waals surface area contributed by atoms with E-state index in [0.29, 0.717) is 36.1 Å². The first-order valence-corrected chi connectivity index (χ1v) is 9.47. The lowest BCUT2D eigenvalue weighted by Crippen LogP contribution is -2.28. The van der Waals surface area contributed by atoms with Crippen molar-refractivity contribution >= 4 is 5.91 Å². The Hall–Kier alpha value is -3.42. The molecule has 8 heteroatoms. The third-order valence-electron chi connectivity index (χ3n) is 4.92.